The molecule has 3 nitrogen and oxygen atoms in total. The monoisotopic (exact) mass is 356 g/mol. The summed E-state index contributed by atoms with van der Waals surface area (Å²) in [5.41, 5.74) is 1.21. The lowest BCUT2D eigenvalue weighted by Crippen LogP contribution is -2.38. The van der Waals surface area contributed by atoms with Gasteiger partial charge >= 0.3 is 0 Å². The zero-order chi connectivity index (χ0) is 15.7. The molecule has 0 heterocycles. The Morgan fingerprint density at radius 1 is 1.24 bits per heavy atom. The van der Waals surface area contributed by atoms with Crippen LogP contribution in [0.3, 0.4) is 0 Å². The number of halogens is 1. The molecule has 0 aliphatic carbocycles. The molecule has 120 valence electrons. The number of rotatable bonds is 10. The van der Waals surface area contributed by atoms with Gasteiger partial charge in [-0.3, -0.25) is 0 Å². The predicted molar refractivity (Wildman–Crippen MR) is 94.0 cm³/mol. The molecule has 0 fully saturated rings. The molecule has 0 aliphatic rings. The second-order valence-electron chi connectivity index (χ2n) is 5.37. The second kappa shape index (κ2) is 10.2. The summed E-state index contributed by atoms with van der Waals surface area (Å²) in [7, 11) is 0. The lowest BCUT2D eigenvalue weighted by atomic mass is 10.2. The summed E-state index contributed by atoms with van der Waals surface area (Å²) in [6, 6.07) is 6.68. The fraction of sp³-hybridized carbons (Fsp3) is 0.647. The van der Waals surface area contributed by atoms with Crippen LogP contribution in [0.25, 0.3) is 0 Å². The van der Waals surface area contributed by atoms with Crippen LogP contribution in [0, 0.1) is 0 Å². The van der Waals surface area contributed by atoms with Crippen molar-refractivity contribution in [2.24, 2.45) is 0 Å². The third-order valence-electron chi connectivity index (χ3n) is 3.55. The Morgan fingerprint density at radius 3 is 2.57 bits per heavy atom. The average Bonchev–Trinajstić information content (AvgIpc) is 2.49. The summed E-state index contributed by atoms with van der Waals surface area (Å²) in [6.45, 7) is 13.7. The van der Waals surface area contributed by atoms with Crippen LogP contribution in [0.15, 0.2) is 22.7 Å². The van der Waals surface area contributed by atoms with Gasteiger partial charge in [-0.2, -0.15) is 0 Å². The lowest BCUT2D eigenvalue weighted by molar-refractivity contribution is 0.269. The highest BCUT2D eigenvalue weighted by atomic mass is 79.9. The minimum absolute atomic E-state index is 0.461. The van der Waals surface area contributed by atoms with Crippen molar-refractivity contribution in [3.05, 3.63) is 28.2 Å². The van der Waals surface area contributed by atoms with E-state index in [0.717, 1.165) is 49.4 Å². The minimum atomic E-state index is 0.461. The van der Waals surface area contributed by atoms with Crippen LogP contribution in [0.2, 0.25) is 0 Å². The molecule has 0 spiro atoms. The van der Waals surface area contributed by atoms with Crippen LogP contribution < -0.4 is 10.1 Å². The van der Waals surface area contributed by atoms with Gasteiger partial charge in [-0.1, -0.05) is 36.7 Å². The first-order valence-corrected chi connectivity index (χ1v) is 8.76. The molecule has 0 saturated heterocycles. The zero-order valence-electron chi connectivity index (χ0n) is 13.8. The Labute approximate surface area is 138 Å². The van der Waals surface area contributed by atoms with Crippen LogP contribution >= 0.6 is 15.9 Å². The first-order valence-electron chi connectivity index (χ1n) is 7.97. The maximum absolute atomic E-state index is 5.83. The minimum Gasteiger partial charge on any atom is -0.493 e. The topological polar surface area (TPSA) is 24.5 Å². The quantitative estimate of drug-likeness (QED) is 0.684. The molecule has 4 heteroatoms. The van der Waals surface area contributed by atoms with Crippen LogP contribution in [0.5, 0.6) is 5.75 Å². The van der Waals surface area contributed by atoms with Gasteiger partial charge in [0.25, 0.3) is 0 Å². The highest BCUT2D eigenvalue weighted by Gasteiger charge is 2.09. The largest absolute Gasteiger partial charge is 0.493 e. The van der Waals surface area contributed by atoms with E-state index in [-0.39, 0.29) is 0 Å². The van der Waals surface area contributed by atoms with Crippen LogP contribution in [0.4, 0.5) is 0 Å². The summed E-state index contributed by atoms with van der Waals surface area (Å²) < 4.78 is 6.92. The van der Waals surface area contributed by atoms with Crippen molar-refractivity contribution < 1.29 is 4.74 Å². The second-order valence-corrected chi connectivity index (χ2v) is 6.28. The molecule has 0 amide bonds. The Hall–Kier alpha value is -0.580. The summed E-state index contributed by atoms with van der Waals surface area (Å²) in [5, 5.41) is 3.60. The zero-order valence-corrected chi connectivity index (χ0v) is 15.4. The van der Waals surface area contributed by atoms with Crippen molar-refractivity contribution in [1.82, 2.24) is 10.2 Å². The van der Waals surface area contributed by atoms with Gasteiger partial charge < -0.3 is 15.0 Å². The van der Waals surface area contributed by atoms with Crippen LogP contribution in [-0.4, -0.2) is 37.2 Å². The number of ether oxygens (including phenoxy) is 1. The highest BCUT2D eigenvalue weighted by molar-refractivity contribution is 9.10. The molecule has 1 aromatic carbocycles. The maximum atomic E-state index is 5.83. The van der Waals surface area contributed by atoms with E-state index in [4.69, 9.17) is 4.74 Å². The van der Waals surface area contributed by atoms with Crippen molar-refractivity contribution in [2.45, 2.75) is 46.7 Å². The van der Waals surface area contributed by atoms with E-state index in [1.807, 2.05) is 12.1 Å². The first kappa shape index (κ1) is 18.5. The van der Waals surface area contributed by atoms with Crippen LogP contribution in [-0.2, 0) is 6.54 Å². The standard InChI is InChI=1S/C17H29BrN2O/c1-5-10-21-17-9-8-16(18)11-15(17)12-19-14(4)13-20(6-2)7-3/h8-9,11,14,19H,5-7,10,12-13H2,1-4H3. The fourth-order valence-electron chi connectivity index (χ4n) is 2.26. The number of hydrogen-bond donors (Lipinski definition) is 1. The SMILES string of the molecule is CCCOc1ccc(Br)cc1CNC(C)CN(CC)CC. The fourth-order valence-corrected chi connectivity index (χ4v) is 2.67. The summed E-state index contributed by atoms with van der Waals surface area (Å²) in [4.78, 5) is 2.44. The molecule has 0 aromatic heterocycles. The van der Waals surface area contributed by atoms with Crippen molar-refractivity contribution >= 4 is 15.9 Å². The summed E-state index contributed by atoms with van der Waals surface area (Å²) in [6.07, 6.45) is 1.03. The lowest BCUT2D eigenvalue weighted by Gasteiger charge is -2.24. The molecule has 0 saturated carbocycles. The number of benzene rings is 1. The molecule has 0 bridgehead atoms. The van der Waals surface area contributed by atoms with Gasteiger partial charge in [0, 0.05) is 29.2 Å². The van der Waals surface area contributed by atoms with Gasteiger partial charge in [-0.25, -0.2) is 0 Å². The maximum Gasteiger partial charge on any atom is 0.123 e. The summed E-state index contributed by atoms with van der Waals surface area (Å²) in [5.74, 6) is 0.989. The van der Waals surface area contributed by atoms with E-state index in [1.54, 1.807) is 0 Å². The van der Waals surface area contributed by atoms with Gasteiger partial charge in [-0.15, -0.1) is 0 Å². The predicted octanol–water partition coefficient (Wildman–Crippen LogP) is 4.06. The molecule has 0 aliphatic heterocycles. The molecule has 1 unspecified atom stereocenters. The van der Waals surface area contributed by atoms with Crippen molar-refractivity contribution in [1.29, 1.82) is 0 Å². The summed E-state index contributed by atoms with van der Waals surface area (Å²) >= 11 is 3.54. The number of likely N-dealkylation sites (N-methyl/N-ethyl adjacent to an activating group) is 1. The normalized spacial score (nSPS) is 12.7. The van der Waals surface area contributed by atoms with Gasteiger partial charge in [0.05, 0.1) is 6.61 Å². The number of nitrogens with zero attached hydrogens (tertiary/aromatic N) is 1. The third kappa shape index (κ3) is 6.81. The van der Waals surface area contributed by atoms with E-state index < -0.39 is 0 Å². The third-order valence-corrected chi connectivity index (χ3v) is 4.04. The highest BCUT2D eigenvalue weighted by Crippen LogP contribution is 2.23. The Balaban J connectivity index is 2.58. The van der Waals surface area contributed by atoms with E-state index >= 15 is 0 Å². The number of nitrogens with one attached hydrogen (secondary N) is 1. The Morgan fingerprint density at radius 2 is 1.95 bits per heavy atom. The van der Waals surface area contributed by atoms with E-state index in [2.05, 4.69) is 59.9 Å². The smallest absolute Gasteiger partial charge is 0.123 e. The van der Waals surface area contributed by atoms with Gasteiger partial charge in [-0.05, 0) is 44.6 Å². The van der Waals surface area contributed by atoms with E-state index in [1.165, 1.54) is 5.56 Å². The Kier molecular flexibility index (Phi) is 8.97. The van der Waals surface area contributed by atoms with Crippen molar-refractivity contribution in [3.63, 3.8) is 0 Å². The molecule has 1 rings (SSSR count). The van der Waals surface area contributed by atoms with E-state index in [0.29, 0.717) is 6.04 Å². The molecule has 1 N–H and O–H groups in total. The average molecular weight is 357 g/mol. The first-order chi connectivity index (χ1) is 10.1. The molecule has 21 heavy (non-hydrogen) atoms. The van der Waals surface area contributed by atoms with Crippen molar-refractivity contribution in [2.75, 3.05) is 26.2 Å². The van der Waals surface area contributed by atoms with E-state index in [9.17, 15) is 0 Å². The van der Waals surface area contributed by atoms with Gasteiger partial charge in [0.1, 0.15) is 5.75 Å². The van der Waals surface area contributed by atoms with Crippen LogP contribution in [0.1, 0.15) is 39.7 Å². The molecular formula is C17H29BrN2O. The molecule has 1 aromatic rings. The van der Waals surface area contributed by atoms with Gasteiger partial charge in [0.2, 0.25) is 0 Å². The number of hydrogen-bond acceptors (Lipinski definition) is 3. The Bertz CT molecular complexity index is 408. The molecule has 1 atom stereocenters. The van der Waals surface area contributed by atoms with Gasteiger partial charge in [0.15, 0.2) is 0 Å². The molecular weight excluding hydrogens is 328 g/mol. The van der Waals surface area contributed by atoms with Crippen molar-refractivity contribution in [3.8, 4) is 5.75 Å². The molecule has 0 radical (unpaired) electrons.